The van der Waals surface area contributed by atoms with Gasteiger partial charge in [0.2, 0.25) is 0 Å². The van der Waals surface area contributed by atoms with Crippen LogP contribution < -0.4 is 0 Å². The van der Waals surface area contributed by atoms with E-state index in [4.69, 9.17) is 5.11 Å². The number of aliphatic hydroxyl groups is 4. The van der Waals surface area contributed by atoms with Gasteiger partial charge < -0.3 is 20.4 Å². The Kier molecular flexibility index (Phi) is 3.86. The molecule has 0 aromatic rings. The first kappa shape index (κ1) is 11.9. The Morgan fingerprint density at radius 2 is 1.79 bits per heavy atom. The van der Waals surface area contributed by atoms with Crippen LogP contribution in [-0.2, 0) is 0 Å². The summed E-state index contributed by atoms with van der Waals surface area (Å²) in [6, 6.07) is -0.377. The lowest BCUT2D eigenvalue weighted by atomic mass is 9.93. The Balaban J connectivity index is 2.76. The van der Waals surface area contributed by atoms with Crippen molar-refractivity contribution in [2.75, 3.05) is 13.2 Å². The molecule has 84 valence electrons. The summed E-state index contributed by atoms with van der Waals surface area (Å²) < 4.78 is 0. The Labute approximate surface area is 83.6 Å². The first-order valence-corrected chi connectivity index (χ1v) is 4.89. The van der Waals surface area contributed by atoms with Gasteiger partial charge in [0.15, 0.2) is 0 Å². The summed E-state index contributed by atoms with van der Waals surface area (Å²) in [7, 11) is 0. The number of β-amino-alcohol motifs (C(OH)–C–C–N with tert-alkyl or cyclic N) is 1. The van der Waals surface area contributed by atoms with Crippen LogP contribution in [-0.4, -0.2) is 68.9 Å². The SMILES string of the molecule is CC(C)N1C[C@H](O)[C@@H](O)[C@H](O)[C@H]1CO. The standard InChI is InChI=1S/C9H19NO4/c1-5(2)10-3-7(12)9(14)8(13)6(10)4-11/h5-9,11-14H,3-4H2,1-2H3/t6-,7+,8-,9-/m1/s1. The summed E-state index contributed by atoms with van der Waals surface area (Å²) in [6.07, 6.45) is -3.21. The fourth-order valence-electron chi connectivity index (χ4n) is 1.92. The van der Waals surface area contributed by atoms with Crippen LogP contribution in [0.2, 0.25) is 0 Å². The van der Waals surface area contributed by atoms with E-state index >= 15 is 0 Å². The van der Waals surface area contributed by atoms with Crippen molar-refractivity contribution in [3.8, 4) is 0 Å². The summed E-state index contributed by atoms with van der Waals surface area (Å²) in [5, 5.41) is 37.6. The molecule has 1 fully saturated rings. The maximum absolute atomic E-state index is 9.62. The Morgan fingerprint density at radius 1 is 1.21 bits per heavy atom. The third-order valence-corrected chi connectivity index (χ3v) is 2.81. The molecule has 0 unspecified atom stereocenters. The lowest BCUT2D eigenvalue weighted by molar-refractivity contribution is -0.151. The van der Waals surface area contributed by atoms with E-state index < -0.39 is 24.4 Å². The molecule has 0 aromatic carbocycles. The van der Waals surface area contributed by atoms with Gasteiger partial charge in [-0.1, -0.05) is 0 Å². The summed E-state index contributed by atoms with van der Waals surface area (Å²) >= 11 is 0. The fraction of sp³-hybridized carbons (Fsp3) is 1.00. The van der Waals surface area contributed by atoms with E-state index in [1.165, 1.54) is 0 Å². The van der Waals surface area contributed by atoms with Gasteiger partial charge in [-0.05, 0) is 13.8 Å². The molecule has 1 aliphatic rings. The number of aliphatic hydroxyl groups excluding tert-OH is 4. The summed E-state index contributed by atoms with van der Waals surface area (Å²) in [5.74, 6) is 0. The van der Waals surface area contributed by atoms with Gasteiger partial charge in [-0.25, -0.2) is 0 Å². The Hall–Kier alpha value is -0.200. The predicted octanol–water partition coefficient (Wildman–Crippen LogP) is -1.85. The second-order valence-corrected chi connectivity index (χ2v) is 4.09. The van der Waals surface area contributed by atoms with Crippen LogP contribution in [0.3, 0.4) is 0 Å². The van der Waals surface area contributed by atoms with Crippen molar-refractivity contribution >= 4 is 0 Å². The number of nitrogens with zero attached hydrogens (tertiary/aromatic N) is 1. The van der Waals surface area contributed by atoms with Crippen LogP contribution in [0.4, 0.5) is 0 Å². The normalized spacial score (nSPS) is 40.5. The number of likely N-dealkylation sites (tertiary alicyclic amines) is 1. The van der Waals surface area contributed by atoms with Gasteiger partial charge in [0.25, 0.3) is 0 Å². The van der Waals surface area contributed by atoms with E-state index in [0.29, 0.717) is 0 Å². The highest BCUT2D eigenvalue weighted by atomic mass is 16.4. The number of hydrogen-bond acceptors (Lipinski definition) is 5. The molecular formula is C9H19NO4. The molecule has 4 atom stereocenters. The molecule has 1 heterocycles. The monoisotopic (exact) mass is 205 g/mol. The smallest absolute Gasteiger partial charge is 0.109 e. The number of rotatable bonds is 2. The lowest BCUT2D eigenvalue weighted by Crippen LogP contribution is -2.63. The fourth-order valence-corrected chi connectivity index (χ4v) is 1.92. The maximum atomic E-state index is 9.62. The summed E-state index contributed by atoms with van der Waals surface area (Å²) in [4.78, 5) is 1.79. The minimum atomic E-state index is -1.16. The molecule has 4 N–H and O–H groups in total. The third kappa shape index (κ3) is 2.07. The highest BCUT2D eigenvalue weighted by Crippen LogP contribution is 2.20. The van der Waals surface area contributed by atoms with Crippen molar-refractivity contribution in [1.29, 1.82) is 0 Å². The Morgan fingerprint density at radius 3 is 2.21 bits per heavy atom. The maximum Gasteiger partial charge on any atom is 0.109 e. The molecule has 1 rings (SSSR count). The average molecular weight is 205 g/mol. The molecule has 1 saturated heterocycles. The third-order valence-electron chi connectivity index (χ3n) is 2.81. The minimum absolute atomic E-state index is 0.115. The number of hydrogen-bond donors (Lipinski definition) is 4. The van der Waals surface area contributed by atoms with Gasteiger partial charge >= 0.3 is 0 Å². The van der Waals surface area contributed by atoms with Gasteiger partial charge in [-0.3, -0.25) is 4.90 Å². The molecule has 0 saturated carbocycles. The topological polar surface area (TPSA) is 84.2 Å². The van der Waals surface area contributed by atoms with E-state index in [9.17, 15) is 15.3 Å². The van der Waals surface area contributed by atoms with Gasteiger partial charge in [0.05, 0.1) is 18.8 Å². The van der Waals surface area contributed by atoms with Crippen molar-refractivity contribution in [2.45, 2.75) is 44.2 Å². The van der Waals surface area contributed by atoms with Crippen LogP contribution in [0.15, 0.2) is 0 Å². The molecular weight excluding hydrogens is 186 g/mol. The van der Waals surface area contributed by atoms with Gasteiger partial charge in [0.1, 0.15) is 12.2 Å². The lowest BCUT2D eigenvalue weighted by Gasteiger charge is -2.45. The Bertz CT molecular complexity index is 188. The van der Waals surface area contributed by atoms with Crippen LogP contribution in [0.25, 0.3) is 0 Å². The first-order chi connectivity index (χ1) is 6.49. The molecule has 0 bridgehead atoms. The zero-order valence-corrected chi connectivity index (χ0v) is 8.54. The molecule has 0 spiro atoms. The first-order valence-electron chi connectivity index (χ1n) is 4.89. The van der Waals surface area contributed by atoms with E-state index in [-0.39, 0.29) is 19.2 Å². The molecule has 1 aliphatic heterocycles. The predicted molar refractivity (Wildman–Crippen MR) is 50.7 cm³/mol. The molecule has 0 aromatic heterocycles. The van der Waals surface area contributed by atoms with Crippen LogP contribution in [0.1, 0.15) is 13.8 Å². The van der Waals surface area contributed by atoms with E-state index in [2.05, 4.69) is 0 Å². The zero-order chi connectivity index (χ0) is 10.9. The van der Waals surface area contributed by atoms with Crippen LogP contribution in [0, 0.1) is 0 Å². The van der Waals surface area contributed by atoms with Crippen molar-refractivity contribution in [3.63, 3.8) is 0 Å². The minimum Gasteiger partial charge on any atom is -0.395 e. The molecule has 0 aliphatic carbocycles. The summed E-state index contributed by atoms with van der Waals surface area (Å²) in [6.45, 7) is 3.89. The molecule has 14 heavy (non-hydrogen) atoms. The van der Waals surface area contributed by atoms with Crippen LogP contribution >= 0.6 is 0 Å². The number of piperidine rings is 1. The van der Waals surface area contributed by atoms with Crippen molar-refractivity contribution in [2.24, 2.45) is 0 Å². The van der Waals surface area contributed by atoms with Gasteiger partial charge in [0, 0.05) is 12.6 Å². The zero-order valence-electron chi connectivity index (χ0n) is 8.54. The second-order valence-electron chi connectivity index (χ2n) is 4.09. The van der Waals surface area contributed by atoms with E-state index in [1.807, 2.05) is 13.8 Å². The van der Waals surface area contributed by atoms with E-state index in [0.717, 1.165) is 0 Å². The quantitative estimate of drug-likeness (QED) is 0.425. The molecule has 5 nitrogen and oxygen atoms in total. The van der Waals surface area contributed by atoms with E-state index in [1.54, 1.807) is 4.90 Å². The van der Waals surface area contributed by atoms with Crippen molar-refractivity contribution < 1.29 is 20.4 Å². The highest BCUT2D eigenvalue weighted by Gasteiger charge is 2.41. The van der Waals surface area contributed by atoms with Crippen molar-refractivity contribution in [3.05, 3.63) is 0 Å². The molecule has 0 radical (unpaired) electrons. The summed E-state index contributed by atoms with van der Waals surface area (Å²) in [5.41, 5.74) is 0. The molecule has 0 amide bonds. The largest absolute Gasteiger partial charge is 0.395 e. The average Bonchev–Trinajstić information content (AvgIpc) is 2.13. The van der Waals surface area contributed by atoms with Crippen molar-refractivity contribution in [1.82, 2.24) is 4.90 Å². The molecule has 5 heteroatoms. The van der Waals surface area contributed by atoms with Gasteiger partial charge in [-0.2, -0.15) is 0 Å². The van der Waals surface area contributed by atoms with Gasteiger partial charge in [-0.15, -0.1) is 0 Å². The second kappa shape index (κ2) is 4.55. The highest BCUT2D eigenvalue weighted by molar-refractivity contribution is 4.95. The van der Waals surface area contributed by atoms with Crippen LogP contribution in [0.5, 0.6) is 0 Å².